The molecule has 2 N–H and O–H groups in total. The maximum absolute atomic E-state index is 14.4. The largest absolute Gasteiger partial charge is 0.363 e. The zero-order valence-electron chi connectivity index (χ0n) is 18.0. The number of halogens is 3. The highest BCUT2D eigenvalue weighted by Crippen LogP contribution is 2.32. The number of fused-ring (bicyclic) bond motifs is 1. The maximum Gasteiger partial charge on any atom is 0.269 e. The first kappa shape index (κ1) is 24.3. The molecule has 4 aromatic rings. The Kier molecular flexibility index (Phi) is 6.77. The van der Waals surface area contributed by atoms with Crippen molar-refractivity contribution in [3.8, 4) is 11.4 Å². The summed E-state index contributed by atoms with van der Waals surface area (Å²) in [6.07, 6.45) is 4.69. The van der Waals surface area contributed by atoms with Gasteiger partial charge in [-0.2, -0.15) is 0 Å². The Morgan fingerprint density at radius 2 is 1.97 bits per heavy atom. The second kappa shape index (κ2) is 9.46. The van der Waals surface area contributed by atoms with Gasteiger partial charge in [-0.1, -0.05) is 29.3 Å². The normalized spacial score (nSPS) is 15.9. The van der Waals surface area contributed by atoms with E-state index in [9.17, 15) is 12.8 Å². The fourth-order valence-electron chi connectivity index (χ4n) is 3.81. The lowest BCUT2D eigenvalue weighted by atomic mass is 10.2. The van der Waals surface area contributed by atoms with Gasteiger partial charge in [0.15, 0.2) is 23.1 Å². The van der Waals surface area contributed by atoms with Crippen LogP contribution < -0.4 is 10.6 Å². The van der Waals surface area contributed by atoms with Crippen LogP contribution in [0.2, 0.25) is 5.02 Å². The molecule has 178 valence electrons. The molecule has 1 aromatic carbocycles. The first-order chi connectivity index (χ1) is 15.8. The van der Waals surface area contributed by atoms with Crippen LogP contribution in [0.1, 0.15) is 12.0 Å². The molecule has 0 saturated carbocycles. The van der Waals surface area contributed by atoms with Crippen LogP contribution in [0.5, 0.6) is 0 Å². The van der Waals surface area contributed by atoms with E-state index in [1.165, 1.54) is 24.5 Å². The van der Waals surface area contributed by atoms with Gasteiger partial charge < -0.3 is 10.6 Å². The maximum atomic E-state index is 14.4. The average Bonchev–Trinajstić information content (AvgIpc) is 3.43. The molecule has 1 atom stereocenters. The van der Waals surface area contributed by atoms with Crippen molar-refractivity contribution in [2.24, 2.45) is 0 Å². The third-order valence-corrected chi connectivity index (χ3v) is 7.41. The Morgan fingerprint density at radius 1 is 1.21 bits per heavy atom. The minimum absolute atomic E-state index is 0. The SMILES string of the molecule is Cc1ccc(S(=O)(=O)n2cc(-c3ncc(F)c(N[C@H]4CCNC4)n3)c3cc(Cl)cnc32)cc1.Cl. The van der Waals surface area contributed by atoms with Crippen molar-refractivity contribution in [3.63, 3.8) is 0 Å². The summed E-state index contributed by atoms with van der Waals surface area (Å²) in [5.74, 6) is -0.361. The van der Waals surface area contributed by atoms with E-state index in [1.54, 1.807) is 18.2 Å². The summed E-state index contributed by atoms with van der Waals surface area (Å²) in [6, 6.07) is 8.17. The third kappa shape index (κ3) is 4.46. The van der Waals surface area contributed by atoms with E-state index in [2.05, 4.69) is 25.6 Å². The predicted molar refractivity (Wildman–Crippen MR) is 132 cm³/mol. The van der Waals surface area contributed by atoms with Gasteiger partial charge in [-0.3, -0.25) is 0 Å². The summed E-state index contributed by atoms with van der Waals surface area (Å²) >= 11 is 6.16. The molecule has 12 heteroatoms. The minimum atomic E-state index is -3.96. The number of nitrogens with zero attached hydrogens (tertiary/aromatic N) is 4. The number of pyridine rings is 1. The van der Waals surface area contributed by atoms with E-state index < -0.39 is 15.8 Å². The van der Waals surface area contributed by atoms with E-state index in [0.29, 0.717) is 22.5 Å². The van der Waals surface area contributed by atoms with Crippen LogP contribution in [0.3, 0.4) is 0 Å². The summed E-state index contributed by atoms with van der Waals surface area (Å²) in [5, 5.41) is 7.07. The summed E-state index contributed by atoms with van der Waals surface area (Å²) in [5.41, 5.74) is 1.50. The molecule has 3 aromatic heterocycles. The van der Waals surface area contributed by atoms with E-state index >= 15 is 0 Å². The van der Waals surface area contributed by atoms with Crippen LogP contribution in [0, 0.1) is 12.7 Å². The van der Waals surface area contributed by atoms with Crippen molar-refractivity contribution in [2.75, 3.05) is 18.4 Å². The molecule has 4 heterocycles. The van der Waals surface area contributed by atoms with Crippen molar-refractivity contribution >= 4 is 50.9 Å². The number of hydrogen-bond acceptors (Lipinski definition) is 7. The van der Waals surface area contributed by atoms with Crippen LogP contribution >= 0.6 is 24.0 Å². The second-order valence-corrected chi connectivity index (χ2v) is 10.2. The molecule has 34 heavy (non-hydrogen) atoms. The molecule has 0 aliphatic carbocycles. The van der Waals surface area contributed by atoms with E-state index in [0.717, 1.165) is 28.7 Å². The number of benzene rings is 1. The molecule has 0 bridgehead atoms. The standard InChI is InChI=1S/C22H20ClFN6O2S.ClH/c1-13-2-4-16(5-3-13)33(31,32)30-12-18(17-8-14(23)9-27-22(17)30)20-26-11-19(24)21(29-20)28-15-6-7-25-10-15;/h2-5,8-9,11-12,15,25H,6-7,10H2,1H3,(H,26,28,29);1H/t15-;/m0./s1. The number of aromatic nitrogens is 4. The second-order valence-electron chi connectivity index (χ2n) is 7.91. The molecule has 1 aliphatic heterocycles. The molecule has 0 spiro atoms. The lowest BCUT2D eigenvalue weighted by Crippen LogP contribution is -2.23. The van der Waals surface area contributed by atoms with Gasteiger partial charge in [0.05, 0.1) is 16.1 Å². The van der Waals surface area contributed by atoms with E-state index in [4.69, 9.17) is 11.6 Å². The Labute approximate surface area is 207 Å². The summed E-state index contributed by atoms with van der Waals surface area (Å²) < 4.78 is 42.3. The van der Waals surface area contributed by atoms with Crippen LogP contribution in [0.25, 0.3) is 22.4 Å². The van der Waals surface area contributed by atoms with Crippen LogP contribution in [0.4, 0.5) is 10.2 Å². The Hall–Kier alpha value is -2.79. The predicted octanol–water partition coefficient (Wildman–Crippen LogP) is 4.03. The summed E-state index contributed by atoms with van der Waals surface area (Å²) in [6.45, 7) is 3.42. The number of hydrogen-bond donors (Lipinski definition) is 2. The average molecular weight is 523 g/mol. The number of nitrogens with one attached hydrogen (secondary N) is 2. The fraction of sp³-hybridized carbons (Fsp3) is 0.227. The van der Waals surface area contributed by atoms with Gasteiger partial charge in [-0.25, -0.2) is 31.7 Å². The molecule has 1 aliphatic rings. The van der Waals surface area contributed by atoms with Crippen molar-refractivity contribution in [1.82, 2.24) is 24.2 Å². The lowest BCUT2D eigenvalue weighted by Gasteiger charge is -2.13. The van der Waals surface area contributed by atoms with Crippen molar-refractivity contribution in [1.29, 1.82) is 0 Å². The van der Waals surface area contributed by atoms with Crippen molar-refractivity contribution in [2.45, 2.75) is 24.3 Å². The monoisotopic (exact) mass is 522 g/mol. The third-order valence-electron chi connectivity index (χ3n) is 5.54. The first-order valence-corrected chi connectivity index (χ1v) is 12.1. The minimum Gasteiger partial charge on any atom is -0.363 e. The van der Waals surface area contributed by atoms with Crippen molar-refractivity contribution < 1.29 is 12.8 Å². The zero-order chi connectivity index (χ0) is 23.2. The lowest BCUT2D eigenvalue weighted by molar-refractivity contribution is 0.588. The number of rotatable bonds is 5. The molecule has 0 amide bonds. The van der Waals surface area contributed by atoms with E-state index in [1.807, 2.05) is 6.92 Å². The Bertz CT molecular complexity index is 1450. The highest BCUT2D eigenvalue weighted by Gasteiger charge is 2.25. The zero-order valence-corrected chi connectivity index (χ0v) is 20.4. The molecule has 5 rings (SSSR count). The molecule has 0 unspecified atom stereocenters. The first-order valence-electron chi connectivity index (χ1n) is 10.3. The molecule has 1 saturated heterocycles. The van der Waals surface area contributed by atoms with Crippen molar-refractivity contribution in [3.05, 3.63) is 65.3 Å². The van der Waals surface area contributed by atoms with Gasteiger partial charge in [0.2, 0.25) is 0 Å². The topological polar surface area (TPSA) is 102 Å². The highest BCUT2D eigenvalue weighted by molar-refractivity contribution is 7.90. The Balaban J connectivity index is 0.00000274. The van der Waals surface area contributed by atoms with Crippen LogP contribution in [0.15, 0.2) is 53.8 Å². The van der Waals surface area contributed by atoms with Gasteiger partial charge in [0, 0.05) is 35.9 Å². The van der Waals surface area contributed by atoms with Gasteiger partial charge in [0.25, 0.3) is 10.0 Å². The molecule has 1 fully saturated rings. The molecule has 0 radical (unpaired) electrons. The highest BCUT2D eigenvalue weighted by atomic mass is 35.5. The number of anilines is 1. The Morgan fingerprint density at radius 3 is 2.68 bits per heavy atom. The number of aryl methyl sites for hydroxylation is 1. The smallest absolute Gasteiger partial charge is 0.269 e. The van der Waals surface area contributed by atoms with Gasteiger partial charge in [-0.15, -0.1) is 12.4 Å². The summed E-state index contributed by atoms with van der Waals surface area (Å²) in [4.78, 5) is 12.9. The fourth-order valence-corrected chi connectivity index (χ4v) is 5.29. The van der Waals surface area contributed by atoms with Gasteiger partial charge >= 0.3 is 0 Å². The molecule has 8 nitrogen and oxygen atoms in total. The molecular weight excluding hydrogens is 502 g/mol. The van der Waals surface area contributed by atoms with E-state index in [-0.39, 0.29) is 40.6 Å². The quantitative estimate of drug-likeness (QED) is 0.407. The molecular formula is C22H21Cl2FN6O2S. The summed E-state index contributed by atoms with van der Waals surface area (Å²) in [7, 11) is -3.96. The van der Waals surface area contributed by atoms with Gasteiger partial charge in [0.1, 0.15) is 0 Å². The van der Waals surface area contributed by atoms with Crippen LogP contribution in [-0.4, -0.2) is 46.5 Å². The van der Waals surface area contributed by atoms with Crippen LogP contribution in [-0.2, 0) is 10.0 Å². The van der Waals surface area contributed by atoms with Gasteiger partial charge in [-0.05, 0) is 38.1 Å².